The lowest BCUT2D eigenvalue weighted by Gasteiger charge is -2.34. The molecule has 1 aliphatic rings. The maximum Gasteiger partial charge on any atom is 0.321 e. The molecule has 1 fully saturated rings. The van der Waals surface area contributed by atoms with E-state index in [9.17, 15) is 4.79 Å². The Kier molecular flexibility index (Phi) is 5.76. The Bertz CT molecular complexity index is 990. The Balaban J connectivity index is 1.31. The average molecular weight is 393 g/mol. The number of nitrogens with one attached hydrogen (secondary N) is 1. The number of amides is 2. The van der Waals surface area contributed by atoms with Crippen LogP contribution >= 0.6 is 0 Å². The van der Waals surface area contributed by atoms with E-state index in [0.717, 1.165) is 73.9 Å². The molecule has 0 bridgehead atoms. The van der Waals surface area contributed by atoms with E-state index in [1.165, 1.54) is 0 Å². The molecule has 0 saturated carbocycles. The summed E-state index contributed by atoms with van der Waals surface area (Å²) in [7, 11) is 0. The molecule has 0 atom stereocenters. The Morgan fingerprint density at radius 1 is 1.10 bits per heavy atom. The van der Waals surface area contributed by atoms with Gasteiger partial charge in [0.2, 0.25) is 0 Å². The number of hydrogen-bond acceptors (Lipinski definition) is 4. The van der Waals surface area contributed by atoms with Gasteiger partial charge in [0.1, 0.15) is 11.3 Å². The SMILES string of the molecule is CCc1nc2cccnc2n1CCN1CCN(C(=O)Nc2cccc(C)c2)CC1. The number of carbonyl (C=O) groups is 1. The summed E-state index contributed by atoms with van der Waals surface area (Å²) in [6, 6.07) is 11.8. The van der Waals surface area contributed by atoms with Gasteiger partial charge in [0.25, 0.3) is 0 Å². The summed E-state index contributed by atoms with van der Waals surface area (Å²) in [4.78, 5) is 26.0. The zero-order chi connectivity index (χ0) is 20.2. The van der Waals surface area contributed by atoms with Crippen molar-refractivity contribution >= 4 is 22.9 Å². The molecule has 1 saturated heterocycles. The lowest BCUT2D eigenvalue weighted by atomic mass is 10.2. The molecule has 0 spiro atoms. The summed E-state index contributed by atoms with van der Waals surface area (Å²) in [5.41, 5.74) is 3.91. The van der Waals surface area contributed by atoms with Gasteiger partial charge in [0.15, 0.2) is 5.65 Å². The van der Waals surface area contributed by atoms with Crippen molar-refractivity contribution in [3.05, 3.63) is 54.0 Å². The normalized spacial score (nSPS) is 15.0. The predicted molar refractivity (Wildman–Crippen MR) is 115 cm³/mol. The zero-order valence-corrected chi connectivity index (χ0v) is 17.1. The van der Waals surface area contributed by atoms with Gasteiger partial charge < -0.3 is 14.8 Å². The molecule has 152 valence electrons. The van der Waals surface area contributed by atoms with E-state index < -0.39 is 0 Å². The Labute approximate surface area is 171 Å². The third-order valence-electron chi connectivity index (χ3n) is 5.47. The minimum atomic E-state index is -0.0201. The fraction of sp³-hybridized carbons (Fsp3) is 0.409. The standard InChI is InChI=1S/C22H28N6O/c1-3-20-25-19-8-5-9-23-21(19)28(20)15-12-26-10-13-27(14-11-26)22(29)24-18-7-4-6-17(2)16-18/h4-9,16H,3,10-15H2,1-2H3,(H,24,29). The number of aromatic nitrogens is 3. The number of pyridine rings is 1. The molecule has 1 aliphatic heterocycles. The van der Waals surface area contributed by atoms with Gasteiger partial charge in [-0.05, 0) is 36.8 Å². The van der Waals surface area contributed by atoms with E-state index in [2.05, 4.69) is 26.7 Å². The van der Waals surface area contributed by atoms with Crippen LogP contribution in [0.3, 0.4) is 0 Å². The number of urea groups is 1. The van der Waals surface area contributed by atoms with Gasteiger partial charge in [0.05, 0.1) is 0 Å². The number of imidazole rings is 1. The fourth-order valence-electron chi connectivity index (χ4n) is 3.85. The smallest absolute Gasteiger partial charge is 0.321 e. The van der Waals surface area contributed by atoms with Gasteiger partial charge in [-0.1, -0.05) is 19.1 Å². The van der Waals surface area contributed by atoms with Crippen LogP contribution in [0.25, 0.3) is 11.2 Å². The van der Waals surface area contributed by atoms with Gasteiger partial charge in [-0.15, -0.1) is 0 Å². The molecule has 2 aromatic heterocycles. The van der Waals surface area contributed by atoms with E-state index in [1.807, 2.05) is 54.4 Å². The van der Waals surface area contributed by atoms with Gasteiger partial charge >= 0.3 is 6.03 Å². The first-order valence-corrected chi connectivity index (χ1v) is 10.3. The molecule has 1 N–H and O–H groups in total. The van der Waals surface area contributed by atoms with E-state index in [1.54, 1.807) is 0 Å². The third kappa shape index (κ3) is 4.40. The first kappa shape index (κ1) is 19.4. The zero-order valence-electron chi connectivity index (χ0n) is 17.1. The summed E-state index contributed by atoms with van der Waals surface area (Å²) in [6.07, 6.45) is 2.72. The minimum absolute atomic E-state index is 0.0201. The fourth-order valence-corrected chi connectivity index (χ4v) is 3.85. The third-order valence-corrected chi connectivity index (χ3v) is 5.47. The molecule has 2 amide bonds. The molecule has 3 heterocycles. The highest BCUT2D eigenvalue weighted by molar-refractivity contribution is 5.89. The number of benzene rings is 1. The van der Waals surface area contributed by atoms with Gasteiger partial charge in [-0.2, -0.15) is 0 Å². The number of fused-ring (bicyclic) bond motifs is 1. The van der Waals surface area contributed by atoms with Gasteiger partial charge in [-0.25, -0.2) is 14.8 Å². The molecule has 0 aliphatic carbocycles. The van der Waals surface area contributed by atoms with Crippen molar-refractivity contribution in [3.8, 4) is 0 Å². The van der Waals surface area contributed by atoms with E-state index in [4.69, 9.17) is 4.98 Å². The lowest BCUT2D eigenvalue weighted by molar-refractivity contribution is 0.144. The number of hydrogen-bond donors (Lipinski definition) is 1. The highest BCUT2D eigenvalue weighted by Crippen LogP contribution is 2.15. The summed E-state index contributed by atoms with van der Waals surface area (Å²) < 4.78 is 2.23. The summed E-state index contributed by atoms with van der Waals surface area (Å²) in [5, 5.41) is 3.00. The number of piperazine rings is 1. The van der Waals surface area contributed by atoms with Crippen molar-refractivity contribution in [2.75, 3.05) is 38.0 Å². The number of carbonyl (C=O) groups excluding carboxylic acids is 1. The van der Waals surface area contributed by atoms with Crippen LogP contribution in [-0.2, 0) is 13.0 Å². The largest absolute Gasteiger partial charge is 0.322 e. The van der Waals surface area contributed by atoms with Crippen LogP contribution in [0.2, 0.25) is 0 Å². The second kappa shape index (κ2) is 8.61. The van der Waals surface area contributed by atoms with E-state index in [-0.39, 0.29) is 6.03 Å². The summed E-state index contributed by atoms with van der Waals surface area (Å²) in [6.45, 7) is 9.18. The average Bonchev–Trinajstić information content (AvgIpc) is 3.10. The second-order valence-electron chi connectivity index (χ2n) is 7.51. The monoisotopic (exact) mass is 392 g/mol. The van der Waals surface area contributed by atoms with Crippen molar-refractivity contribution in [1.29, 1.82) is 0 Å². The molecule has 7 nitrogen and oxygen atoms in total. The number of nitrogens with zero attached hydrogens (tertiary/aromatic N) is 5. The number of aryl methyl sites for hydroxylation is 2. The first-order chi connectivity index (χ1) is 14.1. The molecule has 1 aromatic carbocycles. The molecule has 0 radical (unpaired) electrons. The molecule has 3 aromatic rings. The Hall–Kier alpha value is -2.93. The lowest BCUT2D eigenvalue weighted by Crippen LogP contribution is -2.50. The van der Waals surface area contributed by atoms with Crippen LogP contribution in [0.15, 0.2) is 42.6 Å². The van der Waals surface area contributed by atoms with Crippen LogP contribution in [-0.4, -0.2) is 63.1 Å². The van der Waals surface area contributed by atoms with Crippen molar-refractivity contribution in [1.82, 2.24) is 24.3 Å². The topological polar surface area (TPSA) is 66.3 Å². The van der Waals surface area contributed by atoms with Crippen molar-refractivity contribution < 1.29 is 4.79 Å². The van der Waals surface area contributed by atoms with Crippen molar-refractivity contribution in [3.63, 3.8) is 0 Å². The van der Waals surface area contributed by atoms with Crippen molar-refractivity contribution in [2.24, 2.45) is 0 Å². The first-order valence-electron chi connectivity index (χ1n) is 10.3. The van der Waals surface area contributed by atoms with Crippen LogP contribution < -0.4 is 5.32 Å². The highest BCUT2D eigenvalue weighted by atomic mass is 16.2. The summed E-state index contributed by atoms with van der Waals surface area (Å²) in [5.74, 6) is 1.08. The minimum Gasteiger partial charge on any atom is -0.322 e. The highest BCUT2D eigenvalue weighted by Gasteiger charge is 2.21. The van der Waals surface area contributed by atoms with E-state index >= 15 is 0 Å². The molecule has 4 rings (SSSR count). The number of rotatable bonds is 5. The summed E-state index contributed by atoms with van der Waals surface area (Å²) >= 11 is 0. The molecular weight excluding hydrogens is 364 g/mol. The van der Waals surface area contributed by atoms with Gasteiger partial charge in [0, 0.05) is 57.6 Å². The molecule has 29 heavy (non-hydrogen) atoms. The molecule has 0 unspecified atom stereocenters. The maximum absolute atomic E-state index is 12.5. The maximum atomic E-state index is 12.5. The van der Waals surface area contributed by atoms with Crippen LogP contribution in [0.4, 0.5) is 10.5 Å². The van der Waals surface area contributed by atoms with Crippen molar-refractivity contribution in [2.45, 2.75) is 26.8 Å². The molecule has 7 heteroatoms. The second-order valence-corrected chi connectivity index (χ2v) is 7.51. The van der Waals surface area contributed by atoms with E-state index in [0.29, 0.717) is 0 Å². The predicted octanol–water partition coefficient (Wildman–Crippen LogP) is 3.15. The quantitative estimate of drug-likeness (QED) is 0.724. The Morgan fingerprint density at radius 3 is 2.69 bits per heavy atom. The molecular formula is C22H28N6O. The van der Waals surface area contributed by atoms with Gasteiger partial charge in [-0.3, -0.25) is 4.90 Å². The number of anilines is 1. The Morgan fingerprint density at radius 2 is 1.93 bits per heavy atom. The van der Waals surface area contributed by atoms with Crippen LogP contribution in [0.1, 0.15) is 18.3 Å². The van der Waals surface area contributed by atoms with Crippen LogP contribution in [0.5, 0.6) is 0 Å². The van der Waals surface area contributed by atoms with Crippen LogP contribution in [0, 0.1) is 6.92 Å².